The van der Waals surface area contributed by atoms with E-state index in [-0.39, 0.29) is 5.82 Å². The smallest absolute Gasteiger partial charge is 0.197 e. The number of hydrogen-bond acceptors (Lipinski definition) is 3. The lowest BCUT2D eigenvalue weighted by atomic mass is 10.1. The maximum absolute atomic E-state index is 13.2. The molecule has 0 atom stereocenters. The van der Waals surface area contributed by atoms with Gasteiger partial charge in [0.15, 0.2) is 4.73 Å². The molecule has 5 heteroatoms. The van der Waals surface area contributed by atoms with E-state index >= 15 is 0 Å². The highest BCUT2D eigenvalue weighted by molar-refractivity contribution is 9.10. The zero-order chi connectivity index (χ0) is 11.5. The number of halogens is 2. The molecule has 0 N–H and O–H groups in total. The van der Waals surface area contributed by atoms with Gasteiger partial charge in [-0.3, -0.25) is 0 Å². The summed E-state index contributed by atoms with van der Waals surface area (Å²) in [4.78, 5) is 8.07. The van der Waals surface area contributed by atoms with E-state index < -0.39 is 0 Å². The van der Waals surface area contributed by atoms with Gasteiger partial charge in [0, 0.05) is 11.8 Å². The average molecular weight is 283 g/mol. The maximum atomic E-state index is 13.2. The van der Waals surface area contributed by atoms with Crippen molar-refractivity contribution in [3.05, 3.63) is 41.0 Å². The maximum Gasteiger partial charge on any atom is 0.197 e. The Hall–Kier alpha value is -1.49. The third kappa shape index (κ3) is 2.19. The van der Waals surface area contributed by atoms with Crippen LogP contribution in [0.5, 0.6) is 5.75 Å². The molecular formula is C11H8BrFN2O. The van der Waals surface area contributed by atoms with Crippen LogP contribution in [0.25, 0.3) is 11.3 Å². The van der Waals surface area contributed by atoms with E-state index in [2.05, 4.69) is 25.9 Å². The van der Waals surface area contributed by atoms with E-state index in [1.807, 2.05) is 0 Å². The van der Waals surface area contributed by atoms with Crippen molar-refractivity contribution in [3.8, 4) is 17.0 Å². The van der Waals surface area contributed by atoms with Gasteiger partial charge >= 0.3 is 0 Å². The van der Waals surface area contributed by atoms with Crippen LogP contribution >= 0.6 is 15.9 Å². The predicted octanol–water partition coefficient (Wildman–Crippen LogP) is 3.05. The van der Waals surface area contributed by atoms with E-state index in [0.29, 0.717) is 21.7 Å². The lowest BCUT2D eigenvalue weighted by Gasteiger charge is -2.07. The van der Waals surface area contributed by atoms with Crippen LogP contribution in [-0.2, 0) is 0 Å². The summed E-state index contributed by atoms with van der Waals surface area (Å²) in [6.07, 6.45) is 1.59. The predicted molar refractivity (Wildman–Crippen MR) is 61.7 cm³/mol. The van der Waals surface area contributed by atoms with Gasteiger partial charge in [-0.15, -0.1) is 0 Å². The molecule has 82 valence electrons. The van der Waals surface area contributed by atoms with Crippen molar-refractivity contribution in [1.82, 2.24) is 9.97 Å². The summed E-state index contributed by atoms with van der Waals surface area (Å²) in [6, 6.07) is 5.99. The monoisotopic (exact) mass is 282 g/mol. The summed E-state index contributed by atoms with van der Waals surface area (Å²) >= 11 is 3.17. The largest absolute Gasteiger partial charge is 0.496 e. The number of benzene rings is 1. The lowest BCUT2D eigenvalue weighted by Crippen LogP contribution is -1.92. The molecular weight excluding hydrogens is 275 g/mol. The Morgan fingerprint density at radius 3 is 2.81 bits per heavy atom. The first-order chi connectivity index (χ1) is 7.70. The van der Waals surface area contributed by atoms with Gasteiger partial charge in [0.05, 0.1) is 12.8 Å². The number of methoxy groups -OCH3 is 1. The van der Waals surface area contributed by atoms with Crippen LogP contribution in [0.3, 0.4) is 0 Å². The molecule has 0 aliphatic heterocycles. The summed E-state index contributed by atoms with van der Waals surface area (Å²) in [5, 5.41) is 0. The molecule has 1 aromatic carbocycles. The molecule has 1 heterocycles. The fourth-order valence-electron chi connectivity index (χ4n) is 1.37. The normalized spacial score (nSPS) is 10.2. The summed E-state index contributed by atoms with van der Waals surface area (Å²) in [7, 11) is 1.53. The second-order valence-corrected chi connectivity index (χ2v) is 3.76. The minimum atomic E-state index is -0.328. The molecule has 0 spiro atoms. The van der Waals surface area contributed by atoms with E-state index in [1.54, 1.807) is 18.3 Å². The Morgan fingerprint density at radius 2 is 2.12 bits per heavy atom. The van der Waals surface area contributed by atoms with E-state index in [0.717, 1.165) is 0 Å². The molecule has 2 aromatic rings. The molecule has 0 aliphatic carbocycles. The van der Waals surface area contributed by atoms with Gasteiger partial charge in [-0.25, -0.2) is 14.4 Å². The zero-order valence-electron chi connectivity index (χ0n) is 8.45. The fourth-order valence-corrected chi connectivity index (χ4v) is 1.67. The molecule has 2 rings (SSSR count). The molecule has 1 aromatic heterocycles. The summed E-state index contributed by atoms with van der Waals surface area (Å²) < 4.78 is 18.8. The van der Waals surface area contributed by atoms with Crippen LogP contribution in [0.4, 0.5) is 4.39 Å². The van der Waals surface area contributed by atoms with E-state index in [9.17, 15) is 4.39 Å². The average Bonchev–Trinajstić information content (AvgIpc) is 2.29. The Balaban J connectivity index is 2.58. The van der Waals surface area contributed by atoms with Crippen molar-refractivity contribution in [2.24, 2.45) is 0 Å². The van der Waals surface area contributed by atoms with Gasteiger partial charge in [0.1, 0.15) is 11.6 Å². The summed E-state index contributed by atoms with van der Waals surface area (Å²) in [5.41, 5.74) is 1.21. The fraction of sp³-hybridized carbons (Fsp3) is 0.0909. The zero-order valence-corrected chi connectivity index (χ0v) is 10.0. The first-order valence-corrected chi connectivity index (χ1v) is 5.32. The number of aromatic nitrogens is 2. The van der Waals surface area contributed by atoms with Crippen molar-refractivity contribution in [2.75, 3.05) is 7.11 Å². The number of rotatable bonds is 2. The Bertz CT molecular complexity index is 519. The van der Waals surface area contributed by atoms with Crippen molar-refractivity contribution in [1.29, 1.82) is 0 Å². The Kier molecular flexibility index (Phi) is 3.14. The van der Waals surface area contributed by atoms with Crippen LogP contribution < -0.4 is 4.74 Å². The highest BCUT2D eigenvalue weighted by Gasteiger charge is 2.08. The van der Waals surface area contributed by atoms with Gasteiger partial charge in [0.2, 0.25) is 0 Å². The van der Waals surface area contributed by atoms with E-state index in [4.69, 9.17) is 4.74 Å². The summed E-state index contributed by atoms with van der Waals surface area (Å²) in [5.74, 6) is 0.248. The molecule has 0 saturated carbocycles. The molecule has 0 saturated heterocycles. The molecule has 0 fully saturated rings. The topological polar surface area (TPSA) is 35.0 Å². The molecule has 0 amide bonds. The second kappa shape index (κ2) is 4.57. The molecule has 0 bridgehead atoms. The third-order valence-corrected chi connectivity index (χ3v) is 2.45. The Labute approximate surface area is 100 Å². The second-order valence-electron chi connectivity index (χ2n) is 3.06. The SMILES string of the molecule is COc1ccc(F)cc1-c1ccnc(Br)n1. The van der Waals surface area contributed by atoms with Crippen LogP contribution in [0.1, 0.15) is 0 Å². The standard InChI is InChI=1S/C11H8BrFN2O/c1-16-10-3-2-7(13)6-8(10)9-4-5-14-11(12)15-9/h2-6H,1H3. The van der Waals surface area contributed by atoms with Crippen molar-refractivity contribution < 1.29 is 9.13 Å². The number of hydrogen-bond donors (Lipinski definition) is 0. The molecule has 16 heavy (non-hydrogen) atoms. The summed E-state index contributed by atoms with van der Waals surface area (Å²) in [6.45, 7) is 0. The number of nitrogens with zero attached hydrogens (tertiary/aromatic N) is 2. The molecule has 0 radical (unpaired) electrons. The van der Waals surface area contributed by atoms with Gasteiger partial charge in [0.25, 0.3) is 0 Å². The molecule has 3 nitrogen and oxygen atoms in total. The Morgan fingerprint density at radius 1 is 1.31 bits per heavy atom. The van der Waals surface area contributed by atoms with Gasteiger partial charge < -0.3 is 4.74 Å². The third-order valence-electron chi connectivity index (χ3n) is 2.06. The van der Waals surface area contributed by atoms with Gasteiger partial charge in [-0.1, -0.05) is 0 Å². The van der Waals surface area contributed by atoms with Crippen LogP contribution in [0, 0.1) is 5.82 Å². The lowest BCUT2D eigenvalue weighted by molar-refractivity contribution is 0.415. The first kappa shape index (κ1) is 11.0. The van der Waals surface area contributed by atoms with Gasteiger partial charge in [-0.05, 0) is 40.2 Å². The quantitative estimate of drug-likeness (QED) is 0.794. The highest BCUT2D eigenvalue weighted by Crippen LogP contribution is 2.29. The first-order valence-electron chi connectivity index (χ1n) is 4.53. The van der Waals surface area contributed by atoms with Crippen molar-refractivity contribution in [3.63, 3.8) is 0 Å². The molecule has 0 unspecified atom stereocenters. The minimum Gasteiger partial charge on any atom is -0.496 e. The van der Waals surface area contributed by atoms with Crippen molar-refractivity contribution in [2.45, 2.75) is 0 Å². The minimum absolute atomic E-state index is 0.328. The van der Waals surface area contributed by atoms with Crippen LogP contribution in [-0.4, -0.2) is 17.1 Å². The number of ether oxygens (including phenoxy) is 1. The van der Waals surface area contributed by atoms with E-state index in [1.165, 1.54) is 19.2 Å². The van der Waals surface area contributed by atoms with Gasteiger partial charge in [-0.2, -0.15) is 0 Å². The van der Waals surface area contributed by atoms with Crippen LogP contribution in [0.15, 0.2) is 35.2 Å². The van der Waals surface area contributed by atoms with Crippen LogP contribution in [0.2, 0.25) is 0 Å². The highest BCUT2D eigenvalue weighted by atomic mass is 79.9. The molecule has 0 aliphatic rings. The van der Waals surface area contributed by atoms with Crippen molar-refractivity contribution >= 4 is 15.9 Å².